The Balaban J connectivity index is 2.11. The molecular formula is C12H17N3S. The zero-order valence-corrected chi connectivity index (χ0v) is 10.5. The van der Waals surface area contributed by atoms with Crippen LogP contribution in [0.15, 0.2) is 29.4 Å². The van der Waals surface area contributed by atoms with E-state index in [2.05, 4.69) is 40.2 Å². The number of thiophene rings is 1. The van der Waals surface area contributed by atoms with Crippen LogP contribution in [-0.4, -0.2) is 16.1 Å². The molecule has 2 rings (SSSR count). The smallest absolute Gasteiger partial charge is 0.0947 e. The van der Waals surface area contributed by atoms with Gasteiger partial charge in [-0.05, 0) is 35.4 Å². The summed E-state index contributed by atoms with van der Waals surface area (Å²) in [5.74, 6) is 0. The fourth-order valence-corrected chi connectivity index (χ4v) is 2.47. The van der Waals surface area contributed by atoms with Gasteiger partial charge in [0, 0.05) is 13.2 Å². The maximum absolute atomic E-state index is 4.42. The third-order valence-electron chi connectivity index (χ3n) is 2.55. The molecule has 4 heteroatoms. The summed E-state index contributed by atoms with van der Waals surface area (Å²) in [5, 5.41) is 7.80. The third kappa shape index (κ3) is 2.71. The van der Waals surface area contributed by atoms with Gasteiger partial charge in [0.25, 0.3) is 0 Å². The van der Waals surface area contributed by atoms with Crippen LogP contribution < -0.4 is 5.32 Å². The minimum Gasteiger partial charge on any atom is -0.340 e. The molecule has 3 nitrogen and oxygen atoms in total. The number of likely N-dealkylation sites (N-methyl/N-ethyl adjacent to an activating group) is 1. The molecular weight excluding hydrogens is 218 g/mol. The molecule has 0 aliphatic rings. The number of imidazole rings is 1. The summed E-state index contributed by atoms with van der Waals surface area (Å²) in [4.78, 5) is 4.42. The summed E-state index contributed by atoms with van der Waals surface area (Å²) in [6, 6.07) is 2.50. The summed E-state index contributed by atoms with van der Waals surface area (Å²) in [5.41, 5.74) is 2.50. The Morgan fingerprint density at radius 2 is 2.44 bits per heavy atom. The Labute approximate surface area is 100 Å². The summed E-state index contributed by atoms with van der Waals surface area (Å²) >= 11 is 1.75. The second-order valence-electron chi connectivity index (χ2n) is 3.91. The normalized spacial score (nSPS) is 12.9. The molecule has 0 bridgehead atoms. The van der Waals surface area contributed by atoms with E-state index in [0.717, 1.165) is 18.7 Å². The average Bonchev–Trinajstić information content (AvgIpc) is 2.88. The molecule has 0 aromatic carbocycles. The number of nitrogens with zero attached hydrogens (tertiary/aromatic N) is 2. The van der Waals surface area contributed by atoms with Crippen LogP contribution >= 0.6 is 11.3 Å². The van der Waals surface area contributed by atoms with Crippen molar-refractivity contribution < 1.29 is 0 Å². The van der Waals surface area contributed by atoms with Crippen LogP contribution in [0, 0.1) is 0 Å². The van der Waals surface area contributed by atoms with E-state index in [0.29, 0.717) is 6.04 Å². The van der Waals surface area contributed by atoms with E-state index in [9.17, 15) is 0 Å². The Bertz CT molecular complexity index is 419. The van der Waals surface area contributed by atoms with E-state index in [1.807, 2.05) is 17.9 Å². The van der Waals surface area contributed by atoms with Crippen molar-refractivity contribution in [2.75, 3.05) is 6.54 Å². The van der Waals surface area contributed by atoms with Gasteiger partial charge in [-0.1, -0.05) is 6.92 Å². The lowest BCUT2D eigenvalue weighted by Crippen LogP contribution is -2.23. The van der Waals surface area contributed by atoms with Gasteiger partial charge in [-0.3, -0.25) is 0 Å². The Kier molecular flexibility index (Phi) is 3.74. The molecule has 0 saturated heterocycles. The monoisotopic (exact) mass is 235 g/mol. The second-order valence-corrected chi connectivity index (χ2v) is 4.69. The van der Waals surface area contributed by atoms with Crippen LogP contribution in [0.1, 0.15) is 24.2 Å². The van der Waals surface area contributed by atoms with Crippen molar-refractivity contribution in [1.82, 2.24) is 14.9 Å². The van der Waals surface area contributed by atoms with Crippen LogP contribution in [-0.2, 0) is 13.5 Å². The zero-order valence-electron chi connectivity index (χ0n) is 9.68. The van der Waals surface area contributed by atoms with Gasteiger partial charge in [0.1, 0.15) is 0 Å². The van der Waals surface area contributed by atoms with E-state index < -0.39 is 0 Å². The molecule has 0 aliphatic heterocycles. The average molecular weight is 235 g/mol. The van der Waals surface area contributed by atoms with Crippen molar-refractivity contribution in [3.63, 3.8) is 0 Å². The van der Waals surface area contributed by atoms with Gasteiger partial charge in [0.15, 0.2) is 0 Å². The van der Waals surface area contributed by atoms with Gasteiger partial charge in [0.05, 0.1) is 18.1 Å². The molecule has 1 N–H and O–H groups in total. The first-order chi connectivity index (χ1) is 7.79. The first kappa shape index (κ1) is 11.4. The maximum atomic E-state index is 4.42. The van der Waals surface area contributed by atoms with Crippen molar-refractivity contribution in [2.45, 2.75) is 19.4 Å². The van der Waals surface area contributed by atoms with E-state index in [4.69, 9.17) is 0 Å². The minimum absolute atomic E-state index is 0.320. The molecule has 0 spiro atoms. The first-order valence-electron chi connectivity index (χ1n) is 5.52. The number of nitrogens with one attached hydrogen (secondary N) is 1. The lowest BCUT2D eigenvalue weighted by Gasteiger charge is -2.14. The maximum Gasteiger partial charge on any atom is 0.0947 e. The summed E-state index contributed by atoms with van der Waals surface area (Å²) in [6.07, 6.45) is 4.95. The zero-order chi connectivity index (χ0) is 11.4. The number of hydrogen-bond acceptors (Lipinski definition) is 3. The van der Waals surface area contributed by atoms with E-state index >= 15 is 0 Å². The number of hydrogen-bond donors (Lipinski definition) is 1. The molecule has 0 aliphatic carbocycles. The Morgan fingerprint density at radius 1 is 1.56 bits per heavy atom. The molecule has 0 saturated carbocycles. The van der Waals surface area contributed by atoms with Gasteiger partial charge in [-0.15, -0.1) is 0 Å². The lowest BCUT2D eigenvalue weighted by molar-refractivity contribution is 0.539. The van der Waals surface area contributed by atoms with Crippen molar-refractivity contribution in [1.29, 1.82) is 0 Å². The van der Waals surface area contributed by atoms with Gasteiger partial charge in [-0.25, -0.2) is 4.98 Å². The van der Waals surface area contributed by atoms with E-state index in [-0.39, 0.29) is 0 Å². The summed E-state index contributed by atoms with van der Waals surface area (Å²) in [6.45, 7) is 3.09. The van der Waals surface area contributed by atoms with Crippen molar-refractivity contribution in [3.8, 4) is 0 Å². The minimum atomic E-state index is 0.320. The highest BCUT2D eigenvalue weighted by atomic mass is 32.1. The first-order valence-corrected chi connectivity index (χ1v) is 6.46. The molecule has 86 valence electrons. The molecule has 2 aromatic rings. The molecule has 2 aromatic heterocycles. The third-order valence-corrected chi connectivity index (χ3v) is 3.28. The predicted octanol–water partition coefficient (Wildman–Crippen LogP) is 2.37. The molecule has 1 unspecified atom stereocenters. The number of rotatable bonds is 5. The van der Waals surface area contributed by atoms with Gasteiger partial charge >= 0.3 is 0 Å². The summed E-state index contributed by atoms with van der Waals surface area (Å²) in [7, 11) is 2.00. The van der Waals surface area contributed by atoms with Crippen LogP contribution in [0.5, 0.6) is 0 Å². The molecule has 1 atom stereocenters. The second kappa shape index (κ2) is 5.27. The van der Waals surface area contributed by atoms with Crippen LogP contribution in [0.25, 0.3) is 0 Å². The fraction of sp³-hybridized carbons (Fsp3) is 0.417. The highest BCUT2D eigenvalue weighted by Gasteiger charge is 2.13. The summed E-state index contributed by atoms with van der Waals surface area (Å²) < 4.78 is 1.99. The van der Waals surface area contributed by atoms with Crippen LogP contribution in [0.3, 0.4) is 0 Å². The quantitative estimate of drug-likeness (QED) is 0.862. The topological polar surface area (TPSA) is 29.9 Å². The number of aromatic nitrogens is 2. The molecule has 2 heterocycles. The largest absolute Gasteiger partial charge is 0.340 e. The molecule has 0 radical (unpaired) electrons. The SMILES string of the molecule is CCNC(Cc1ccsc1)c1cn(C)cn1. The highest BCUT2D eigenvalue weighted by Crippen LogP contribution is 2.18. The standard InChI is InChI=1S/C12H17N3S/c1-3-13-11(6-10-4-5-16-8-10)12-7-15(2)9-14-12/h4-5,7-9,11,13H,3,6H2,1-2H3. The van der Waals surface area contributed by atoms with Gasteiger partial charge < -0.3 is 9.88 Å². The van der Waals surface area contributed by atoms with Crippen molar-refractivity contribution >= 4 is 11.3 Å². The lowest BCUT2D eigenvalue weighted by atomic mass is 10.1. The number of aryl methyl sites for hydroxylation is 1. The van der Waals surface area contributed by atoms with Crippen LogP contribution in [0.4, 0.5) is 0 Å². The van der Waals surface area contributed by atoms with E-state index in [1.54, 1.807) is 11.3 Å². The van der Waals surface area contributed by atoms with Crippen molar-refractivity contribution in [3.05, 3.63) is 40.6 Å². The highest BCUT2D eigenvalue weighted by molar-refractivity contribution is 7.07. The van der Waals surface area contributed by atoms with Crippen LogP contribution in [0.2, 0.25) is 0 Å². The van der Waals surface area contributed by atoms with Crippen molar-refractivity contribution in [2.24, 2.45) is 7.05 Å². The Hall–Kier alpha value is -1.13. The van der Waals surface area contributed by atoms with Gasteiger partial charge in [0.2, 0.25) is 0 Å². The predicted molar refractivity (Wildman–Crippen MR) is 67.6 cm³/mol. The van der Waals surface area contributed by atoms with Gasteiger partial charge in [-0.2, -0.15) is 11.3 Å². The van der Waals surface area contributed by atoms with E-state index in [1.165, 1.54) is 5.56 Å². The fourth-order valence-electron chi connectivity index (χ4n) is 1.79. The molecule has 16 heavy (non-hydrogen) atoms. The molecule has 0 amide bonds. The molecule has 0 fully saturated rings. The Morgan fingerprint density at radius 3 is 3.00 bits per heavy atom.